The first-order valence-electron chi connectivity index (χ1n) is 9.96. The molecule has 0 saturated heterocycles. The molecule has 1 atom stereocenters. The van der Waals surface area contributed by atoms with E-state index in [1.54, 1.807) is 31.4 Å². The lowest BCUT2D eigenvalue weighted by molar-refractivity contribution is -0.122. The van der Waals surface area contributed by atoms with Gasteiger partial charge in [0, 0.05) is 0 Å². The average Bonchev–Trinajstić information content (AvgIpc) is 3.41. The molecule has 2 aromatic carbocycles. The van der Waals surface area contributed by atoms with Crippen LogP contribution in [0.15, 0.2) is 59.7 Å². The lowest BCUT2D eigenvalue weighted by Gasteiger charge is -2.14. The summed E-state index contributed by atoms with van der Waals surface area (Å²) >= 11 is 0. The van der Waals surface area contributed by atoms with E-state index in [2.05, 4.69) is 26.7 Å². The predicted octanol–water partition coefficient (Wildman–Crippen LogP) is 1.79. The van der Waals surface area contributed by atoms with Crippen molar-refractivity contribution in [3.8, 4) is 11.4 Å². The van der Waals surface area contributed by atoms with Gasteiger partial charge in [-0.2, -0.15) is 4.68 Å². The Balaban J connectivity index is 1.37. The molecule has 1 N–H and O–H groups in total. The Labute approximate surface area is 177 Å². The second-order valence-corrected chi connectivity index (χ2v) is 7.41. The van der Waals surface area contributed by atoms with Crippen molar-refractivity contribution < 1.29 is 9.53 Å². The number of carbonyl (C=O) groups is 1. The Morgan fingerprint density at radius 3 is 2.81 bits per heavy atom. The molecule has 0 fully saturated rings. The zero-order valence-corrected chi connectivity index (χ0v) is 16.9. The van der Waals surface area contributed by atoms with Crippen LogP contribution in [-0.2, 0) is 17.8 Å². The SMILES string of the molecule is COc1ccc(-n2nnc3c(=O)n(CC(=O)N[C@@H]4CCc5ccccc54)cnc32)cc1. The molecule has 0 saturated carbocycles. The Morgan fingerprint density at radius 2 is 2.00 bits per heavy atom. The zero-order valence-electron chi connectivity index (χ0n) is 16.9. The van der Waals surface area contributed by atoms with E-state index in [0.717, 1.165) is 18.4 Å². The van der Waals surface area contributed by atoms with Crippen molar-refractivity contribution >= 4 is 17.1 Å². The quantitative estimate of drug-likeness (QED) is 0.532. The number of fused-ring (bicyclic) bond motifs is 2. The van der Waals surface area contributed by atoms with Crippen LogP contribution in [0.25, 0.3) is 16.9 Å². The van der Waals surface area contributed by atoms with Crippen molar-refractivity contribution in [2.24, 2.45) is 0 Å². The van der Waals surface area contributed by atoms with Gasteiger partial charge < -0.3 is 10.1 Å². The van der Waals surface area contributed by atoms with Crippen molar-refractivity contribution in [1.82, 2.24) is 29.9 Å². The van der Waals surface area contributed by atoms with Gasteiger partial charge in [0.2, 0.25) is 5.91 Å². The Morgan fingerprint density at radius 1 is 1.19 bits per heavy atom. The molecule has 1 amide bonds. The van der Waals surface area contributed by atoms with Gasteiger partial charge in [0.25, 0.3) is 5.56 Å². The molecule has 9 nitrogen and oxygen atoms in total. The Kier molecular flexibility index (Phi) is 4.70. The van der Waals surface area contributed by atoms with Crippen LogP contribution >= 0.6 is 0 Å². The molecule has 0 aliphatic heterocycles. The molecule has 31 heavy (non-hydrogen) atoms. The van der Waals surface area contributed by atoms with E-state index in [1.165, 1.54) is 21.1 Å². The van der Waals surface area contributed by atoms with E-state index in [-0.39, 0.29) is 24.0 Å². The summed E-state index contributed by atoms with van der Waals surface area (Å²) in [6, 6.07) is 15.2. The fourth-order valence-electron chi connectivity index (χ4n) is 3.96. The fourth-order valence-corrected chi connectivity index (χ4v) is 3.96. The second-order valence-electron chi connectivity index (χ2n) is 7.41. The minimum atomic E-state index is -0.410. The van der Waals surface area contributed by atoms with Gasteiger partial charge in [0.05, 0.1) is 18.8 Å². The maximum Gasteiger partial charge on any atom is 0.284 e. The maximum atomic E-state index is 12.9. The summed E-state index contributed by atoms with van der Waals surface area (Å²) in [6.45, 7) is -0.129. The molecule has 2 heterocycles. The van der Waals surface area contributed by atoms with Crippen LogP contribution in [0, 0.1) is 0 Å². The van der Waals surface area contributed by atoms with Crippen LogP contribution in [0.1, 0.15) is 23.6 Å². The van der Waals surface area contributed by atoms with Gasteiger partial charge >= 0.3 is 0 Å². The molecule has 156 valence electrons. The third kappa shape index (κ3) is 3.43. The van der Waals surface area contributed by atoms with Gasteiger partial charge in [-0.3, -0.25) is 14.2 Å². The molecule has 1 aliphatic rings. The third-order valence-electron chi connectivity index (χ3n) is 5.53. The minimum absolute atomic E-state index is 0.0351. The standard InChI is InChI=1S/C22H20N6O3/c1-31-16-9-7-15(8-10-16)28-21-20(25-26-28)22(30)27(13-23-21)12-19(29)24-18-11-6-14-4-2-3-5-17(14)18/h2-5,7-10,13,18H,6,11-12H2,1H3,(H,24,29)/t18-/m1/s1. The molecule has 4 aromatic rings. The highest BCUT2D eigenvalue weighted by Crippen LogP contribution is 2.30. The van der Waals surface area contributed by atoms with E-state index in [0.29, 0.717) is 17.1 Å². The molecule has 1 aliphatic carbocycles. The Hall–Kier alpha value is -4.01. The van der Waals surface area contributed by atoms with Gasteiger partial charge in [-0.05, 0) is 48.2 Å². The molecule has 0 radical (unpaired) electrons. The third-order valence-corrected chi connectivity index (χ3v) is 5.53. The van der Waals surface area contributed by atoms with E-state index >= 15 is 0 Å². The van der Waals surface area contributed by atoms with E-state index in [9.17, 15) is 9.59 Å². The highest BCUT2D eigenvalue weighted by atomic mass is 16.5. The van der Waals surface area contributed by atoms with E-state index < -0.39 is 5.56 Å². The number of rotatable bonds is 5. The number of aromatic nitrogens is 5. The number of nitrogens with one attached hydrogen (secondary N) is 1. The largest absolute Gasteiger partial charge is 0.497 e. The van der Waals surface area contributed by atoms with Crippen molar-refractivity contribution in [1.29, 1.82) is 0 Å². The van der Waals surface area contributed by atoms with Gasteiger partial charge in [-0.25, -0.2) is 4.98 Å². The maximum absolute atomic E-state index is 12.9. The smallest absolute Gasteiger partial charge is 0.284 e. The summed E-state index contributed by atoms with van der Waals surface area (Å²) in [7, 11) is 1.59. The lowest BCUT2D eigenvalue weighted by Crippen LogP contribution is -2.34. The highest BCUT2D eigenvalue weighted by Gasteiger charge is 2.24. The topological polar surface area (TPSA) is 104 Å². The number of hydrogen-bond donors (Lipinski definition) is 1. The summed E-state index contributed by atoms with van der Waals surface area (Å²) in [5, 5.41) is 11.1. The number of methoxy groups -OCH3 is 1. The van der Waals surface area contributed by atoms with Crippen LogP contribution in [0.2, 0.25) is 0 Å². The van der Waals surface area contributed by atoms with Crippen LogP contribution < -0.4 is 15.6 Å². The van der Waals surface area contributed by atoms with Crippen molar-refractivity contribution in [2.75, 3.05) is 7.11 Å². The number of nitrogens with zero attached hydrogens (tertiary/aromatic N) is 5. The number of benzene rings is 2. The van der Waals surface area contributed by atoms with Gasteiger partial charge in [0.1, 0.15) is 18.6 Å². The summed E-state index contributed by atoms with van der Waals surface area (Å²) in [5.74, 6) is 0.465. The first kappa shape index (κ1) is 19.0. The summed E-state index contributed by atoms with van der Waals surface area (Å²) in [6.07, 6.45) is 3.15. The van der Waals surface area contributed by atoms with Crippen LogP contribution in [0.4, 0.5) is 0 Å². The van der Waals surface area contributed by atoms with Gasteiger partial charge in [-0.15, -0.1) is 5.10 Å². The van der Waals surface area contributed by atoms with Crippen LogP contribution in [0.5, 0.6) is 5.75 Å². The minimum Gasteiger partial charge on any atom is -0.497 e. The number of hydrogen-bond acceptors (Lipinski definition) is 6. The van der Waals surface area contributed by atoms with Gasteiger partial charge in [-0.1, -0.05) is 29.5 Å². The zero-order chi connectivity index (χ0) is 21.4. The molecule has 0 spiro atoms. The highest BCUT2D eigenvalue weighted by molar-refractivity contribution is 5.77. The first-order chi connectivity index (χ1) is 15.1. The molecule has 0 unspecified atom stereocenters. The van der Waals surface area contributed by atoms with E-state index in [1.807, 2.05) is 18.2 Å². The monoisotopic (exact) mass is 416 g/mol. The summed E-state index contributed by atoms with van der Waals surface area (Å²) < 4.78 is 7.90. The Bertz CT molecular complexity index is 1330. The number of carbonyl (C=O) groups excluding carboxylic acids is 1. The van der Waals surface area contributed by atoms with Crippen LogP contribution in [-0.4, -0.2) is 37.6 Å². The normalized spacial score (nSPS) is 15.1. The predicted molar refractivity (Wildman–Crippen MR) is 113 cm³/mol. The molecule has 2 aromatic heterocycles. The summed E-state index contributed by atoms with van der Waals surface area (Å²) in [4.78, 5) is 29.8. The van der Waals surface area contributed by atoms with Crippen molar-refractivity contribution in [3.05, 3.63) is 76.3 Å². The molecule has 0 bridgehead atoms. The van der Waals surface area contributed by atoms with Gasteiger partial charge in [0.15, 0.2) is 11.2 Å². The molecular weight excluding hydrogens is 396 g/mol. The number of ether oxygens (including phenoxy) is 1. The second kappa shape index (κ2) is 7.67. The van der Waals surface area contributed by atoms with Crippen molar-refractivity contribution in [3.63, 3.8) is 0 Å². The molecule has 9 heteroatoms. The van der Waals surface area contributed by atoms with Crippen molar-refractivity contribution in [2.45, 2.75) is 25.4 Å². The summed E-state index contributed by atoms with van der Waals surface area (Å²) in [5.41, 5.74) is 3.12. The first-order valence-corrected chi connectivity index (χ1v) is 9.96. The number of amides is 1. The fraction of sp³-hybridized carbons (Fsp3) is 0.227. The van der Waals surface area contributed by atoms with Crippen LogP contribution in [0.3, 0.4) is 0 Å². The molecular formula is C22H20N6O3. The average molecular weight is 416 g/mol. The number of aryl methyl sites for hydroxylation is 1. The molecule has 5 rings (SSSR count). The van der Waals surface area contributed by atoms with E-state index in [4.69, 9.17) is 4.74 Å². The lowest BCUT2D eigenvalue weighted by atomic mass is 10.1.